The fraction of sp³-hybridized carbons (Fsp3) is 0.321. The van der Waals surface area contributed by atoms with Crippen molar-refractivity contribution in [1.29, 1.82) is 0 Å². The number of hydrogen-bond acceptors (Lipinski definition) is 5. The van der Waals surface area contributed by atoms with Crippen molar-refractivity contribution in [2.75, 3.05) is 22.0 Å². The quantitative estimate of drug-likeness (QED) is 0.0808. The Morgan fingerprint density at radius 2 is 1.61 bits per heavy atom. The molecule has 0 aliphatic heterocycles. The zero-order chi connectivity index (χ0) is 29.1. The molecular weight excluding hydrogens is 587 g/mol. The van der Waals surface area contributed by atoms with Gasteiger partial charge in [0.25, 0.3) is 10.0 Å². The largest absolute Gasteiger partial charge is 1.00 e. The molecule has 0 unspecified atom stereocenters. The SMILES string of the molecule is CCCCc1c(C)c[n+](CCCNC(=O)Nc2ccc(Cl)c(S(=O)(=O)Nc3ccc(NNC=O)cc3)c2)cc1C.[Cl-]. The lowest BCUT2D eigenvalue weighted by Crippen LogP contribution is -3.00. The number of halogens is 2. The van der Waals surface area contributed by atoms with Gasteiger partial charge in [0.1, 0.15) is 11.4 Å². The molecule has 5 N–H and O–H groups in total. The molecule has 0 bridgehead atoms. The first kappa shape index (κ1) is 33.7. The summed E-state index contributed by atoms with van der Waals surface area (Å²) in [6, 6.07) is 10.0. The zero-order valence-electron chi connectivity index (χ0n) is 23.3. The Kier molecular flexibility index (Phi) is 13.2. The highest BCUT2D eigenvalue weighted by Gasteiger charge is 2.19. The third kappa shape index (κ3) is 10.1. The number of urea groups is 1. The van der Waals surface area contributed by atoms with Crippen LogP contribution in [0.25, 0.3) is 0 Å². The van der Waals surface area contributed by atoms with Crippen molar-refractivity contribution in [3.63, 3.8) is 0 Å². The number of anilines is 3. The number of sulfonamides is 1. The van der Waals surface area contributed by atoms with Gasteiger partial charge in [0.15, 0.2) is 12.4 Å². The first-order valence-corrected chi connectivity index (χ1v) is 14.9. The molecule has 0 spiro atoms. The maximum atomic E-state index is 13.0. The minimum Gasteiger partial charge on any atom is -1.00 e. The minimum atomic E-state index is -4.05. The number of hydrazine groups is 1. The normalized spacial score (nSPS) is 10.7. The van der Waals surface area contributed by atoms with Crippen LogP contribution in [0.4, 0.5) is 21.9 Å². The van der Waals surface area contributed by atoms with E-state index in [9.17, 15) is 18.0 Å². The second kappa shape index (κ2) is 16.0. The van der Waals surface area contributed by atoms with Crippen LogP contribution in [0.5, 0.6) is 0 Å². The molecule has 0 fully saturated rings. The second-order valence-electron chi connectivity index (χ2n) is 9.39. The molecule has 0 saturated heterocycles. The molecule has 10 nitrogen and oxygen atoms in total. The molecule has 0 aliphatic carbocycles. The Morgan fingerprint density at radius 3 is 2.24 bits per heavy atom. The molecule has 222 valence electrons. The number of carbonyl (C=O) groups excluding carboxylic acids is 2. The van der Waals surface area contributed by atoms with Crippen molar-refractivity contribution in [2.45, 2.75) is 57.9 Å². The summed E-state index contributed by atoms with van der Waals surface area (Å²) in [5.74, 6) is 0. The van der Waals surface area contributed by atoms with Crippen molar-refractivity contribution in [3.8, 4) is 0 Å². The number of benzene rings is 2. The van der Waals surface area contributed by atoms with Gasteiger partial charge in [0.05, 0.1) is 10.7 Å². The highest BCUT2D eigenvalue weighted by Crippen LogP contribution is 2.27. The second-order valence-corrected chi connectivity index (χ2v) is 11.5. The predicted octanol–water partition coefficient (Wildman–Crippen LogP) is 1.68. The van der Waals surface area contributed by atoms with E-state index in [4.69, 9.17) is 11.6 Å². The van der Waals surface area contributed by atoms with Crippen LogP contribution in [0.1, 0.15) is 42.9 Å². The standard InChI is InChI=1S/C28H35ClN6O4S.ClH/c1-4-5-7-25-20(2)17-35(18-21(25)3)15-6-14-30-28(37)32-24-12-13-26(29)27(16-24)40(38,39)34-23-10-8-22(9-11-23)33-31-19-36;/h8-13,16-19,33-34H,4-7,14-15H2,1-3H3,(H2-,30,31,32,36,37);1H. The Hall–Kier alpha value is -3.54. The zero-order valence-corrected chi connectivity index (χ0v) is 25.6. The number of unbranched alkanes of at least 4 members (excludes halogenated alkanes) is 1. The van der Waals surface area contributed by atoms with Crippen molar-refractivity contribution in [1.82, 2.24) is 10.7 Å². The number of aryl methyl sites for hydroxylation is 3. The molecule has 0 saturated carbocycles. The van der Waals surface area contributed by atoms with E-state index in [1.165, 1.54) is 59.9 Å². The number of carbonyl (C=O) groups is 2. The molecular formula is C28H36Cl2N6O4S. The van der Waals surface area contributed by atoms with E-state index in [2.05, 4.69) is 63.9 Å². The van der Waals surface area contributed by atoms with Gasteiger partial charge in [-0.3, -0.25) is 20.4 Å². The number of hydrogen-bond donors (Lipinski definition) is 5. The van der Waals surface area contributed by atoms with Crippen LogP contribution in [-0.4, -0.2) is 27.4 Å². The fourth-order valence-electron chi connectivity index (χ4n) is 4.25. The highest BCUT2D eigenvalue weighted by molar-refractivity contribution is 7.92. The molecule has 0 aliphatic rings. The van der Waals surface area contributed by atoms with Crippen LogP contribution < -0.4 is 43.2 Å². The highest BCUT2D eigenvalue weighted by atomic mass is 35.5. The lowest BCUT2D eigenvalue weighted by molar-refractivity contribution is -0.697. The molecule has 1 heterocycles. The third-order valence-corrected chi connectivity index (χ3v) is 8.08. The number of aromatic nitrogens is 1. The third-order valence-electron chi connectivity index (χ3n) is 6.22. The molecule has 1 aromatic heterocycles. The van der Waals surface area contributed by atoms with Crippen LogP contribution in [0.3, 0.4) is 0 Å². The van der Waals surface area contributed by atoms with E-state index in [1.807, 2.05) is 0 Å². The van der Waals surface area contributed by atoms with Crippen molar-refractivity contribution in [2.24, 2.45) is 0 Å². The van der Waals surface area contributed by atoms with Crippen LogP contribution in [0.15, 0.2) is 59.8 Å². The van der Waals surface area contributed by atoms with E-state index >= 15 is 0 Å². The molecule has 2 aromatic carbocycles. The van der Waals surface area contributed by atoms with Crippen LogP contribution in [0, 0.1) is 13.8 Å². The lowest BCUT2D eigenvalue weighted by Gasteiger charge is -2.13. The smallest absolute Gasteiger partial charge is 0.319 e. The Balaban J connectivity index is 0.00000588. The first-order valence-electron chi connectivity index (χ1n) is 13.0. The molecule has 3 aromatic rings. The molecule has 41 heavy (non-hydrogen) atoms. The van der Waals surface area contributed by atoms with Crippen LogP contribution in [0.2, 0.25) is 5.02 Å². The molecule has 3 rings (SSSR count). The van der Waals surface area contributed by atoms with E-state index in [0.717, 1.165) is 19.4 Å². The van der Waals surface area contributed by atoms with Crippen LogP contribution in [-0.2, 0) is 27.8 Å². The van der Waals surface area contributed by atoms with Crippen molar-refractivity contribution < 1.29 is 35.0 Å². The van der Waals surface area contributed by atoms with Gasteiger partial charge < -0.3 is 23.0 Å². The number of pyridine rings is 1. The number of amides is 3. The number of rotatable bonds is 14. The fourth-order valence-corrected chi connectivity index (χ4v) is 5.83. The molecule has 0 radical (unpaired) electrons. The van der Waals surface area contributed by atoms with Gasteiger partial charge >= 0.3 is 6.03 Å². The van der Waals surface area contributed by atoms with Gasteiger partial charge in [-0.1, -0.05) is 24.9 Å². The summed E-state index contributed by atoms with van der Waals surface area (Å²) in [5, 5.41) is 5.48. The minimum absolute atomic E-state index is 0. The first-order chi connectivity index (χ1) is 19.1. The average molecular weight is 624 g/mol. The maximum absolute atomic E-state index is 13.0. The summed E-state index contributed by atoms with van der Waals surface area (Å²) >= 11 is 6.18. The summed E-state index contributed by atoms with van der Waals surface area (Å²) in [4.78, 5) is 22.7. The molecule has 13 heteroatoms. The number of nitrogens with one attached hydrogen (secondary N) is 5. The number of nitrogens with zero attached hydrogens (tertiary/aromatic N) is 1. The Bertz CT molecular complexity index is 1410. The van der Waals surface area contributed by atoms with E-state index in [-0.39, 0.29) is 28.0 Å². The van der Waals surface area contributed by atoms with Crippen molar-refractivity contribution in [3.05, 3.63) is 76.6 Å². The predicted molar refractivity (Wildman–Crippen MR) is 158 cm³/mol. The van der Waals surface area contributed by atoms with Gasteiger partial charge in [-0.15, -0.1) is 0 Å². The Labute approximate surface area is 252 Å². The maximum Gasteiger partial charge on any atom is 0.319 e. The summed E-state index contributed by atoms with van der Waals surface area (Å²) < 4.78 is 30.6. The summed E-state index contributed by atoms with van der Waals surface area (Å²) in [6.07, 6.45) is 8.95. The average Bonchev–Trinajstić information content (AvgIpc) is 2.91. The summed E-state index contributed by atoms with van der Waals surface area (Å²) in [6.45, 7) is 7.68. The topological polar surface area (TPSA) is 132 Å². The van der Waals surface area contributed by atoms with Gasteiger partial charge in [-0.25, -0.2) is 17.8 Å². The summed E-state index contributed by atoms with van der Waals surface area (Å²) in [5.41, 5.74) is 10.0. The monoisotopic (exact) mass is 622 g/mol. The van der Waals surface area contributed by atoms with E-state index in [0.29, 0.717) is 24.3 Å². The molecule has 3 amide bonds. The lowest BCUT2D eigenvalue weighted by atomic mass is 10.0. The van der Waals surface area contributed by atoms with Gasteiger partial charge in [0, 0.05) is 35.5 Å². The van der Waals surface area contributed by atoms with Gasteiger partial charge in [0.2, 0.25) is 6.41 Å². The van der Waals surface area contributed by atoms with E-state index < -0.39 is 16.1 Å². The van der Waals surface area contributed by atoms with Gasteiger partial charge in [-0.2, -0.15) is 0 Å². The summed E-state index contributed by atoms with van der Waals surface area (Å²) in [7, 11) is -4.05. The van der Waals surface area contributed by atoms with Gasteiger partial charge in [-0.05, 0) is 74.7 Å². The molecule has 0 atom stereocenters. The van der Waals surface area contributed by atoms with E-state index in [1.54, 1.807) is 12.1 Å². The van der Waals surface area contributed by atoms with Crippen molar-refractivity contribution >= 4 is 51.1 Å². The van der Waals surface area contributed by atoms with Crippen LogP contribution >= 0.6 is 11.6 Å². The Morgan fingerprint density at radius 1 is 0.976 bits per heavy atom.